The Morgan fingerprint density at radius 1 is 1.12 bits per heavy atom. The van der Waals surface area contributed by atoms with Crippen LogP contribution < -0.4 is 10.7 Å². The Balaban J connectivity index is 0.00000196. The quantitative estimate of drug-likeness (QED) is 0.527. The van der Waals surface area contributed by atoms with Crippen LogP contribution in [0.25, 0.3) is 27.3 Å². The van der Waals surface area contributed by atoms with E-state index in [-0.39, 0.29) is 17.8 Å². The van der Waals surface area contributed by atoms with Gasteiger partial charge in [-0.25, -0.2) is 4.98 Å². The van der Waals surface area contributed by atoms with Crippen molar-refractivity contribution in [2.24, 2.45) is 0 Å². The molecule has 5 nitrogen and oxygen atoms in total. The Bertz CT molecular complexity index is 1090. The summed E-state index contributed by atoms with van der Waals surface area (Å²) in [6.45, 7) is 8.15. The van der Waals surface area contributed by atoms with E-state index in [4.69, 9.17) is 0 Å². The zero-order valence-electron chi connectivity index (χ0n) is 15.0. The highest BCUT2D eigenvalue weighted by Gasteiger charge is 2.16. The van der Waals surface area contributed by atoms with Gasteiger partial charge in [0.25, 0.3) is 0 Å². The molecular formula is C20H23ClN4O. The van der Waals surface area contributed by atoms with Gasteiger partial charge in [-0.15, -0.1) is 12.4 Å². The molecular weight excluding hydrogens is 348 g/mol. The number of benzene rings is 2. The number of halogens is 1. The molecule has 0 radical (unpaired) electrons. The second-order valence-corrected chi connectivity index (χ2v) is 6.27. The molecule has 0 aliphatic heterocycles. The van der Waals surface area contributed by atoms with E-state index in [1.54, 1.807) is 6.33 Å². The molecule has 4 rings (SSSR count). The number of hydrogen-bond donors (Lipinski definition) is 1. The summed E-state index contributed by atoms with van der Waals surface area (Å²) in [6.07, 6.45) is 1.80. The summed E-state index contributed by atoms with van der Waals surface area (Å²) in [5.41, 5.74) is 3.62. The van der Waals surface area contributed by atoms with Crippen molar-refractivity contribution >= 4 is 45.4 Å². The zero-order valence-corrected chi connectivity index (χ0v) is 15.8. The lowest BCUT2D eigenvalue weighted by Gasteiger charge is -2.19. The summed E-state index contributed by atoms with van der Waals surface area (Å²) in [7, 11) is 0. The number of para-hydroxylation sites is 1. The summed E-state index contributed by atoms with van der Waals surface area (Å²) in [4.78, 5) is 20.0. The van der Waals surface area contributed by atoms with Gasteiger partial charge in [-0.3, -0.25) is 9.20 Å². The molecule has 0 unspecified atom stereocenters. The van der Waals surface area contributed by atoms with Crippen LogP contribution in [0.2, 0.25) is 0 Å². The molecule has 0 aliphatic rings. The highest BCUT2D eigenvalue weighted by atomic mass is 35.5. The summed E-state index contributed by atoms with van der Waals surface area (Å²) >= 11 is 0. The van der Waals surface area contributed by atoms with E-state index in [0.29, 0.717) is 0 Å². The van der Waals surface area contributed by atoms with Crippen molar-refractivity contribution in [2.45, 2.75) is 13.8 Å². The number of imidazole rings is 1. The SMILES string of the molecule is CCN(CC)CCNc1ccc2ncn3c4ccccc4c(=O)c1c23.Cl. The number of fused-ring (bicyclic) bond motifs is 2. The molecule has 136 valence electrons. The number of nitrogens with zero attached hydrogens (tertiary/aromatic N) is 3. The Morgan fingerprint density at radius 2 is 1.88 bits per heavy atom. The number of nitrogens with one attached hydrogen (secondary N) is 1. The second kappa shape index (κ2) is 7.48. The molecule has 0 fully saturated rings. The molecule has 6 heteroatoms. The monoisotopic (exact) mass is 370 g/mol. The maximum atomic E-state index is 13.1. The summed E-state index contributed by atoms with van der Waals surface area (Å²) in [6, 6.07) is 11.7. The van der Waals surface area contributed by atoms with Crippen LogP contribution in [0.4, 0.5) is 5.69 Å². The third-order valence-corrected chi connectivity index (χ3v) is 4.98. The third-order valence-electron chi connectivity index (χ3n) is 4.98. The number of likely N-dealkylation sites (N-methyl/N-ethyl adjacent to an activating group) is 1. The van der Waals surface area contributed by atoms with Crippen molar-refractivity contribution in [1.82, 2.24) is 14.3 Å². The predicted octanol–water partition coefficient (Wildman–Crippen LogP) is 3.61. The van der Waals surface area contributed by atoms with Crippen molar-refractivity contribution in [1.29, 1.82) is 0 Å². The van der Waals surface area contributed by atoms with Gasteiger partial charge in [0.1, 0.15) is 6.33 Å². The number of rotatable bonds is 6. The number of aromatic nitrogens is 2. The smallest absolute Gasteiger partial charge is 0.199 e. The molecule has 2 aromatic heterocycles. The van der Waals surface area contributed by atoms with Gasteiger partial charge >= 0.3 is 0 Å². The first kappa shape index (κ1) is 18.4. The Hall–Kier alpha value is -2.37. The van der Waals surface area contributed by atoms with Crippen LogP contribution in [0.1, 0.15) is 13.8 Å². The van der Waals surface area contributed by atoms with E-state index in [9.17, 15) is 4.79 Å². The minimum atomic E-state index is 0. The average Bonchev–Trinajstić information content (AvgIpc) is 3.08. The lowest BCUT2D eigenvalue weighted by molar-refractivity contribution is 0.316. The lowest BCUT2D eigenvalue weighted by atomic mass is 10.1. The van der Waals surface area contributed by atoms with Crippen LogP contribution >= 0.6 is 12.4 Å². The molecule has 0 saturated heterocycles. The first-order valence-electron chi connectivity index (χ1n) is 8.85. The fourth-order valence-corrected chi connectivity index (χ4v) is 3.56. The molecule has 2 aromatic carbocycles. The number of anilines is 1. The highest BCUT2D eigenvalue weighted by Crippen LogP contribution is 2.28. The first-order valence-corrected chi connectivity index (χ1v) is 8.85. The van der Waals surface area contributed by atoms with Gasteiger partial charge in [0.05, 0.1) is 21.9 Å². The van der Waals surface area contributed by atoms with Crippen molar-refractivity contribution in [2.75, 3.05) is 31.5 Å². The lowest BCUT2D eigenvalue weighted by Crippen LogP contribution is -2.28. The highest BCUT2D eigenvalue weighted by molar-refractivity contribution is 6.06. The Kier molecular flexibility index (Phi) is 5.30. The van der Waals surface area contributed by atoms with Crippen LogP contribution in [0.3, 0.4) is 0 Å². The van der Waals surface area contributed by atoms with Gasteiger partial charge in [-0.2, -0.15) is 0 Å². The van der Waals surface area contributed by atoms with E-state index in [1.807, 2.05) is 40.8 Å². The fraction of sp³-hybridized carbons (Fsp3) is 0.300. The number of hydrogen-bond acceptors (Lipinski definition) is 4. The second-order valence-electron chi connectivity index (χ2n) is 6.27. The van der Waals surface area contributed by atoms with Crippen molar-refractivity contribution in [3.63, 3.8) is 0 Å². The van der Waals surface area contributed by atoms with E-state index in [1.165, 1.54) is 0 Å². The minimum absolute atomic E-state index is 0. The van der Waals surface area contributed by atoms with Crippen molar-refractivity contribution < 1.29 is 0 Å². The molecule has 2 heterocycles. The molecule has 0 aliphatic carbocycles. The standard InChI is InChI=1S/C20H22N4O.ClH/c1-3-23(4-2)12-11-21-15-9-10-16-19-18(15)20(25)14-7-5-6-8-17(14)24(19)13-22-16;/h5-10,13,21H,3-4,11-12H2,1-2H3;1H. The van der Waals surface area contributed by atoms with Crippen LogP contribution in [0.5, 0.6) is 0 Å². The molecule has 1 N–H and O–H groups in total. The molecule has 0 spiro atoms. The maximum absolute atomic E-state index is 13.1. The van der Waals surface area contributed by atoms with E-state index in [2.05, 4.69) is 29.0 Å². The van der Waals surface area contributed by atoms with Gasteiger partial charge in [-0.1, -0.05) is 26.0 Å². The number of pyridine rings is 1. The Morgan fingerprint density at radius 3 is 2.65 bits per heavy atom. The third kappa shape index (κ3) is 2.87. The molecule has 26 heavy (non-hydrogen) atoms. The van der Waals surface area contributed by atoms with Crippen molar-refractivity contribution in [3.05, 3.63) is 52.9 Å². The molecule has 0 bridgehead atoms. The topological polar surface area (TPSA) is 49.6 Å². The van der Waals surface area contributed by atoms with Gasteiger partial charge in [0.15, 0.2) is 5.43 Å². The largest absolute Gasteiger partial charge is 0.383 e. The van der Waals surface area contributed by atoms with Crippen LogP contribution in [0.15, 0.2) is 47.5 Å². The van der Waals surface area contributed by atoms with Gasteiger partial charge < -0.3 is 10.2 Å². The van der Waals surface area contributed by atoms with Crippen LogP contribution in [-0.2, 0) is 0 Å². The van der Waals surface area contributed by atoms with Crippen LogP contribution in [0, 0.1) is 0 Å². The zero-order chi connectivity index (χ0) is 17.4. The summed E-state index contributed by atoms with van der Waals surface area (Å²) < 4.78 is 2.02. The predicted molar refractivity (Wildman–Crippen MR) is 111 cm³/mol. The normalized spacial score (nSPS) is 11.5. The maximum Gasteiger partial charge on any atom is 0.199 e. The summed E-state index contributed by atoms with van der Waals surface area (Å²) in [5.74, 6) is 0. The van der Waals surface area contributed by atoms with Gasteiger partial charge in [-0.05, 0) is 37.4 Å². The van der Waals surface area contributed by atoms with Crippen LogP contribution in [-0.4, -0.2) is 40.5 Å². The average molecular weight is 371 g/mol. The molecule has 4 aromatic rings. The van der Waals surface area contributed by atoms with Gasteiger partial charge in [0, 0.05) is 24.2 Å². The molecule has 0 amide bonds. The van der Waals surface area contributed by atoms with Gasteiger partial charge in [0.2, 0.25) is 0 Å². The molecule has 0 saturated carbocycles. The van der Waals surface area contributed by atoms with Crippen molar-refractivity contribution in [3.8, 4) is 0 Å². The van der Waals surface area contributed by atoms with E-state index in [0.717, 1.165) is 59.2 Å². The Labute approximate surface area is 158 Å². The van der Waals surface area contributed by atoms with E-state index >= 15 is 0 Å². The molecule has 0 atom stereocenters. The minimum Gasteiger partial charge on any atom is -0.383 e. The van der Waals surface area contributed by atoms with E-state index < -0.39 is 0 Å². The fourth-order valence-electron chi connectivity index (χ4n) is 3.56. The summed E-state index contributed by atoms with van der Waals surface area (Å²) in [5, 5.41) is 4.92. The first-order chi connectivity index (χ1) is 12.2.